The molecule has 3 nitrogen and oxygen atoms in total. The summed E-state index contributed by atoms with van der Waals surface area (Å²) in [7, 11) is 0. The lowest BCUT2D eigenvalue weighted by atomic mass is 9.95. The fourth-order valence-corrected chi connectivity index (χ4v) is 2.89. The van der Waals surface area contributed by atoms with Crippen LogP contribution in [0.1, 0.15) is 66.2 Å². The Hall–Kier alpha value is -0.590. The molecule has 1 unspecified atom stereocenters. The number of nitriles is 1. The normalized spacial score (nSPS) is 18.2. The molecule has 1 aliphatic carbocycles. The minimum Gasteiger partial charge on any atom is -0.303 e. The monoisotopic (exact) mass is 279 g/mol. The van der Waals surface area contributed by atoms with E-state index in [1.807, 2.05) is 6.92 Å². The lowest BCUT2D eigenvalue weighted by molar-refractivity contribution is 0.252. The molecule has 0 radical (unpaired) electrons. The molecule has 0 saturated heterocycles. The maximum atomic E-state index is 9.33. The van der Waals surface area contributed by atoms with Crippen LogP contribution >= 0.6 is 0 Å². The minimum absolute atomic E-state index is 0.361. The van der Waals surface area contributed by atoms with Crippen molar-refractivity contribution in [3.05, 3.63) is 0 Å². The van der Waals surface area contributed by atoms with Gasteiger partial charge in [-0.3, -0.25) is 5.32 Å². The molecule has 3 heteroatoms. The van der Waals surface area contributed by atoms with Crippen molar-refractivity contribution in [1.29, 1.82) is 5.26 Å². The minimum atomic E-state index is -0.361. The third-order valence-corrected chi connectivity index (χ3v) is 4.01. The van der Waals surface area contributed by atoms with Crippen LogP contribution in [0.25, 0.3) is 0 Å². The maximum Gasteiger partial charge on any atom is 0.104 e. The molecule has 20 heavy (non-hydrogen) atoms. The van der Waals surface area contributed by atoms with Gasteiger partial charge in [-0.2, -0.15) is 5.26 Å². The highest BCUT2D eigenvalue weighted by Crippen LogP contribution is 2.29. The van der Waals surface area contributed by atoms with E-state index in [1.54, 1.807) is 0 Å². The van der Waals surface area contributed by atoms with E-state index in [-0.39, 0.29) is 5.54 Å². The predicted molar refractivity (Wildman–Crippen MR) is 85.6 cm³/mol. The van der Waals surface area contributed by atoms with Crippen LogP contribution in [0.15, 0.2) is 0 Å². The number of nitrogens with one attached hydrogen (secondary N) is 1. The van der Waals surface area contributed by atoms with Crippen LogP contribution in [0.2, 0.25) is 0 Å². The molecular formula is C17H33N3. The Morgan fingerprint density at radius 2 is 2.00 bits per heavy atom. The zero-order valence-corrected chi connectivity index (χ0v) is 13.9. The third-order valence-electron chi connectivity index (χ3n) is 4.01. The molecule has 1 saturated carbocycles. The first kappa shape index (κ1) is 17.5. The van der Waals surface area contributed by atoms with Crippen molar-refractivity contribution in [3.8, 4) is 6.07 Å². The van der Waals surface area contributed by atoms with Crippen molar-refractivity contribution in [2.45, 2.75) is 77.8 Å². The van der Waals surface area contributed by atoms with Crippen molar-refractivity contribution < 1.29 is 0 Å². The van der Waals surface area contributed by atoms with Gasteiger partial charge in [0, 0.05) is 12.6 Å². The highest BCUT2D eigenvalue weighted by Gasteiger charge is 2.25. The Morgan fingerprint density at radius 1 is 1.30 bits per heavy atom. The van der Waals surface area contributed by atoms with Gasteiger partial charge in [0.1, 0.15) is 5.54 Å². The van der Waals surface area contributed by atoms with E-state index in [4.69, 9.17) is 0 Å². The number of hydrogen-bond acceptors (Lipinski definition) is 3. The molecule has 0 spiro atoms. The Labute approximate surface area is 125 Å². The Balaban J connectivity index is 2.22. The first-order chi connectivity index (χ1) is 9.49. The SMILES string of the molecule is CCCN(CCCCC(C)(C#N)NC(C)C)CC1CC1. The summed E-state index contributed by atoms with van der Waals surface area (Å²) in [4.78, 5) is 2.62. The molecule has 0 amide bonds. The van der Waals surface area contributed by atoms with Gasteiger partial charge in [0.25, 0.3) is 0 Å². The number of hydrogen-bond donors (Lipinski definition) is 1. The fourth-order valence-electron chi connectivity index (χ4n) is 2.89. The van der Waals surface area contributed by atoms with Gasteiger partial charge in [-0.25, -0.2) is 0 Å². The van der Waals surface area contributed by atoms with Gasteiger partial charge in [-0.1, -0.05) is 6.92 Å². The van der Waals surface area contributed by atoms with Crippen LogP contribution in [0, 0.1) is 17.2 Å². The van der Waals surface area contributed by atoms with Crippen molar-refractivity contribution in [2.24, 2.45) is 5.92 Å². The standard InChI is InChI=1S/C17H33N3/c1-5-11-20(13-16-8-9-16)12-7-6-10-17(4,14-18)19-15(2)3/h15-16,19H,5-13H2,1-4H3. The van der Waals surface area contributed by atoms with Crippen LogP contribution in [0.4, 0.5) is 0 Å². The molecule has 1 aliphatic rings. The molecule has 116 valence electrons. The summed E-state index contributed by atoms with van der Waals surface area (Å²) >= 11 is 0. The summed E-state index contributed by atoms with van der Waals surface area (Å²) in [5, 5.41) is 12.7. The third kappa shape index (κ3) is 7.26. The summed E-state index contributed by atoms with van der Waals surface area (Å²) in [6, 6.07) is 2.81. The van der Waals surface area contributed by atoms with E-state index in [9.17, 15) is 5.26 Å². The summed E-state index contributed by atoms with van der Waals surface area (Å²) in [6.07, 6.45) is 7.41. The van der Waals surface area contributed by atoms with E-state index in [2.05, 4.69) is 37.1 Å². The van der Waals surface area contributed by atoms with Crippen LogP contribution in [0.3, 0.4) is 0 Å². The molecule has 0 bridgehead atoms. The van der Waals surface area contributed by atoms with E-state index in [0.29, 0.717) is 6.04 Å². The summed E-state index contributed by atoms with van der Waals surface area (Å²) in [5.74, 6) is 0.980. The van der Waals surface area contributed by atoms with E-state index < -0.39 is 0 Å². The molecule has 1 rings (SSSR count). The van der Waals surface area contributed by atoms with E-state index >= 15 is 0 Å². The van der Waals surface area contributed by atoms with Crippen molar-refractivity contribution >= 4 is 0 Å². The molecule has 0 aromatic heterocycles. The van der Waals surface area contributed by atoms with Crippen molar-refractivity contribution in [3.63, 3.8) is 0 Å². The zero-order chi connectivity index (χ0) is 15.0. The topological polar surface area (TPSA) is 39.1 Å². The van der Waals surface area contributed by atoms with Gasteiger partial charge in [-0.15, -0.1) is 0 Å². The molecule has 1 atom stereocenters. The van der Waals surface area contributed by atoms with Gasteiger partial charge >= 0.3 is 0 Å². The van der Waals surface area contributed by atoms with Crippen LogP contribution in [0.5, 0.6) is 0 Å². The summed E-state index contributed by atoms with van der Waals surface area (Å²) < 4.78 is 0. The molecule has 1 N–H and O–H groups in total. The molecule has 0 aromatic carbocycles. The van der Waals surface area contributed by atoms with Crippen LogP contribution in [-0.4, -0.2) is 36.1 Å². The summed E-state index contributed by atoms with van der Waals surface area (Å²) in [6.45, 7) is 12.2. The summed E-state index contributed by atoms with van der Waals surface area (Å²) in [5.41, 5.74) is -0.361. The second-order valence-corrected chi connectivity index (χ2v) is 6.94. The molecule has 1 fully saturated rings. The first-order valence-corrected chi connectivity index (χ1v) is 8.40. The van der Waals surface area contributed by atoms with Gasteiger partial charge in [-0.05, 0) is 78.3 Å². The highest BCUT2D eigenvalue weighted by molar-refractivity contribution is 5.04. The zero-order valence-electron chi connectivity index (χ0n) is 13.9. The highest BCUT2D eigenvalue weighted by atomic mass is 15.1. The molecule has 0 heterocycles. The number of unbranched alkanes of at least 4 members (excludes halogenated alkanes) is 1. The second-order valence-electron chi connectivity index (χ2n) is 6.94. The van der Waals surface area contributed by atoms with Crippen LogP contribution in [-0.2, 0) is 0 Å². The Kier molecular flexibility index (Phi) is 7.55. The Morgan fingerprint density at radius 3 is 2.50 bits per heavy atom. The van der Waals surface area contributed by atoms with Gasteiger partial charge < -0.3 is 4.90 Å². The fraction of sp³-hybridized carbons (Fsp3) is 0.941. The number of rotatable bonds is 11. The largest absolute Gasteiger partial charge is 0.303 e. The molecular weight excluding hydrogens is 246 g/mol. The molecule has 0 aromatic rings. The Bertz CT molecular complexity index is 304. The number of nitrogens with zero attached hydrogens (tertiary/aromatic N) is 2. The quantitative estimate of drug-likeness (QED) is 0.588. The van der Waals surface area contributed by atoms with Gasteiger partial charge in [0.15, 0.2) is 0 Å². The van der Waals surface area contributed by atoms with Gasteiger partial charge in [0.05, 0.1) is 6.07 Å². The predicted octanol–water partition coefficient (Wildman–Crippen LogP) is 3.56. The van der Waals surface area contributed by atoms with E-state index in [1.165, 1.54) is 45.3 Å². The average Bonchev–Trinajstić information content (AvgIpc) is 3.18. The maximum absolute atomic E-state index is 9.33. The second kappa shape index (κ2) is 8.64. The smallest absolute Gasteiger partial charge is 0.104 e. The lowest BCUT2D eigenvalue weighted by Crippen LogP contribution is -2.45. The first-order valence-electron chi connectivity index (χ1n) is 8.40. The van der Waals surface area contributed by atoms with Crippen molar-refractivity contribution in [1.82, 2.24) is 10.2 Å². The van der Waals surface area contributed by atoms with Crippen molar-refractivity contribution in [2.75, 3.05) is 19.6 Å². The lowest BCUT2D eigenvalue weighted by Gasteiger charge is -2.27. The van der Waals surface area contributed by atoms with E-state index in [0.717, 1.165) is 18.8 Å². The molecule has 0 aliphatic heterocycles. The average molecular weight is 279 g/mol. The van der Waals surface area contributed by atoms with Crippen LogP contribution < -0.4 is 5.32 Å². The van der Waals surface area contributed by atoms with Gasteiger partial charge in [0.2, 0.25) is 0 Å².